The average Bonchev–Trinajstić information content (AvgIpc) is 2.57. The van der Waals surface area contributed by atoms with Crippen LogP contribution in [0.5, 0.6) is 0 Å². The van der Waals surface area contributed by atoms with Crippen LogP contribution >= 0.6 is 0 Å². The van der Waals surface area contributed by atoms with Crippen LogP contribution in [0.4, 0.5) is 13.2 Å². The predicted octanol–water partition coefficient (Wildman–Crippen LogP) is 3.97. The molecule has 1 aliphatic rings. The second kappa shape index (κ2) is 3.72. The van der Waals surface area contributed by atoms with Crippen LogP contribution in [0, 0.1) is 0 Å². The first-order valence-corrected chi connectivity index (χ1v) is 4.90. The molecule has 0 amide bonds. The Morgan fingerprint density at radius 3 is 2.60 bits per heavy atom. The minimum absolute atomic E-state index is 0.0977. The fourth-order valence-electron chi connectivity index (χ4n) is 1.87. The number of fused-ring (bicyclic) bond motifs is 1. The Kier molecular flexibility index (Phi) is 2.55. The van der Waals surface area contributed by atoms with Crippen molar-refractivity contribution in [2.75, 3.05) is 0 Å². The number of hydrogen-bond acceptors (Lipinski definition) is 0. The van der Waals surface area contributed by atoms with Gasteiger partial charge in [-0.05, 0) is 29.5 Å². The summed E-state index contributed by atoms with van der Waals surface area (Å²) >= 11 is 0. The molecule has 0 N–H and O–H groups in total. The first-order valence-electron chi connectivity index (χ1n) is 4.90. The van der Waals surface area contributed by atoms with E-state index in [0.29, 0.717) is 0 Å². The van der Waals surface area contributed by atoms with Crippen LogP contribution in [-0.2, 0) is 6.42 Å². The highest BCUT2D eigenvalue weighted by Gasteiger charge is 2.28. The summed E-state index contributed by atoms with van der Waals surface area (Å²) in [6.45, 7) is 0. The number of rotatable bonds is 2. The van der Waals surface area contributed by atoms with Crippen molar-refractivity contribution in [3.05, 3.63) is 41.5 Å². The lowest BCUT2D eigenvalue weighted by molar-refractivity contribution is -0.133. The van der Waals surface area contributed by atoms with Gasteiger partial charge in [0.25, 0.3) is 0 Å². The van der Waals surface area contributed by atoms with E-state index in [1.54, 1.807) is 0 Å². The summed E-state index contributed by atoms with van der Waals surface area (Å²) in [6.07, 6.45) is -2.02. The molecule has 0 spiro atoms. The second-order valence-electron chi connectivity index (χ2n) is 3.71. The quantitative estimate of drug-likeness (QED) is 0.695. The molecular weight excluding hydrogens is 201 g/mol. The van der Waals surface area contributed by atoms with Crippen molar-refractivity contribution in [3.8, 4) is 0 Å². The van der Waals surface area contributed by atoms with Gasteiger partial charge in [-0.25, -0.2) is 0 Å². The molecule has 0 aromatic heterocycles. The normalized spacial score (nSPS) is 15.0. The Bertz CT molecular complexity index is 388. The Labute approximate surface area is 86.4 Å². The van der Waals surface area contributed by atoms with Crippen LogP contribution in [-0.4, -0.2) is 6.18 Å². The predicted molar refractivity (Wildman–Crippen MR) is 53.4 cm³/mol. The maximum absolute atomic E-state index is 12.1. The van der Waals surface area contributed by atoms with Gasteiger partial charge in [-0.15, -0.1) is 0 Å². The number of benzene rings is 1. The van der Waals surface area contributed by atoms with E-state index in [-0.39, 0.29) is 6.42 Å². The van der Waals surface area contributed by atoms with Crippen molar-refractivity contribution >= 4 is 5.57 Å². The molecule has 15 heavy (non-hydrogen) atoms. The number of allylic oxidation sites excluding steroid dienone is 2. The summed E-state index contributed by atoms with van der Waals surface area (Å²) in [7, 11) is 0. The van der Waals surface area contributed by atoms with Crippen LogP contribution in [0.2, 0.25) is 0 Å². The van der Waals surface area contributed by atoms with E-state index in [1.807, 2.05) is 30.3 Å². The van der Waals surface area contributed by atoms with Crippen molar-refractivity contribution in [3.63, 3.8) is 0 Å². The minimum Gasteiger partial charge on any atom is -0.171 e. The molecule has 0 nitrogen and oxygen atoms in total. The zero-order valence-corrected chi connectivity index (χ0v) is 8.14. The fourth-order valence-corrected chi connectivity index (χ4v) is 1.87. The van der Waals surface area contributed by atoms with Crippen LogP contribution < -0.4 is 0 Å². The number of hydrogen-bond donors (Lipinski definition) is 0. The Hall–Kier alpha value is -1.25. The van der Waals surface area contributed by atoms with Crippen molar-refractivity contribution in [2.24, 2.45) is 0 Å². The molecule has 0 radical (unpaired) electrons. The lowest BCUT2D eigenvalue weighted by Crippen LogP contribution is -2.06. The van der Waals surface area contributed by atoms with Crippen LogP contribution in [0.3, 0.4) is 0 Å². The van der Waals surface area contributed by atoms with Gasteiger partial charge in [0.15, 0.2) is 0 Å². The Balaban J connectivity index is 2.08. The standard InChI is InChI=1S/C12H11F3/c13-12(14,15)8-7-10-6-5-9-3-1-2-4-11(9)10/h1-4,6H,5,7-8H2. The van der Waals surface area contributed by atoms with Crippen molar-refractivity contribution in [2.45, 2.75) is 25.4 Å². The van der Waals surface area contributed by atoms with Crippen LogP contribution in [0.15, 0.2) is 30.3 Å². The molecule has 0 saturated heterocycles. The van der Waals surface area contributed by atoms with E-state index in [0.717, 1.165) is 23.1 Å². The van der Waals surface area contributed by atoms with Crippen LogP contribution in [0.1, 0.15) is 24.0 Å². The zero-order valence-electron chi connectivity index (χ0n) is 8.14. The largest absolute Gasteiger partial charge is 0.389 e. The van der Waals surface area contributed by atoms with Gasteiger partial charge < -0.3 is 0 Å². The molecule has 3 heteroatoms. The van der Waals surface area contributed by atoms with Crippen molar-refractivity contribution < 1.29 is 13.2 Å². The zero-order chi connectivity index (χ0) is 10.9. The maximum atomic E-state index is 12.1. The molecule has 2 rings (SSSR count). The van der Waals surface area contributed by atoms with Gasteiger partial charge in [-0.1, -0.05) is 30.3 Å². The molecule has 0 atom stereocenters. The van der Waals surface area contributed by atoms with Gasteiger partial charge in [0.2, 0.25) is 0 Å². The molecule has 1 aromatic carbocycles. The van der Waals surface area contributed by atoms with E-state index < -0.39 is 12.6 Å². The fraction of sp³-hybridized carbons (Fsp3) is 0.333. The molecule has 80 valence electrons. The number of halogens is 3. The number of alkyl halides is 3. The third-order valence-electron chi connectivity index (χ3n) is 2.61. The average molecular weight is 212 g/mol. The van der Waals surface area contributed by atoms with Gasteiger partial charge >= 0.3 is 6.18 Å². The third kappa shape index (κ3) is 2.41. The topological polar surface area (TPSA) is 0 Å². The molecular formula is C12H11F3. The first kappa shape index (κ1) is 10.3. The molecule has 0 heterocycles. The summed E-state index contributed by atoms with van der Waals surface area (Å²) in [6, 6.07) is 7.64. The van der Waals surface area contributed by atoms with Gasteiger partial charge in [0.1, 0.15) is 0 Å². The molecule has 1 aromatic rings. The summed E-state index contributed by atoms with van der Waals surface area (Å²) in [5.74, 6) is 0. The molecule has 0 bridgehead atoms. The molecule has 0 fully saturated rings. The van der Waals surface area contributed by atoms with E-state index in [2.05, 4.69) is 0 Å². The Morgan fingerprint density at radius 1 is 1.13 bits per heavy atom. The Morgan fingerprint density at radius 2 is 1.87 bits per heavy atom. The van der Waals surface area contributed by atoms with Crippen molar-refractivity contribution in [1.29, 1.82) is 0 Å². The summed E-state index contributed by atoms with van der Waals surface area (Å²) in [5.41, 5.74) is 2.96. The van der Waals surface area contributed by atoms with Gasteiger partial charge in [-0.2, -0.15) is 13.2 Å². The van der Waals surface area contributed by atoms with Gasteiger partial charge in [-0.3, -0.25) is 0 Å². The highest BCUT2D eigenvalue weighted by atomic mass is 19.4. The maximum Gasteiger partial charge on any atom is 0.389 e. The first-order chi connectivity index (χ1) is 7.06. The van der Waals surface area contributed by atoms with Gasteiger partial charge in [0, 0.05) is 6.42 Å². The van der Waals surface area contributed by atoms with Crippen molar-refractivity contribution in [1.82, 2.24) is 0 Å². The molecule has 0 aliphatic heterocycles. The molecule has 0 unspecified atom stereocenters. The molecule has 0 saturated carbocycles. The SMILES string of the molecule is FC(F)(F)CCC1=CCc2ccccc21. The summed E-state index contributed by atoms with van der Waals surface area (Å²) in [4.78, 5) is 0. The van der Waals surface area contributed by atoms with E-state index in [9.17, 15) is 13.2 Å². The van der Waals surface area contributed by atoms with Crippen LogP contribution in [0.25, 0.3) is 5.57 Å². The smallest absolute Gasteiger partial charge is 0.171 e. The van der Waals surface area contributed by atoms with E-state index in [4.69, 9.17) is 0 Å². The monoisotopic (exact) mass is 212 g/mol. The van der Waals surface area contributed by atoms with E-state index in [1.165, 1.54) is 0 Å². The summed E-state index contributed by atoms with van der Waals surface area (Å²) < 4.78 is 36.2. The van der Waals surface area contributed by atoms with E-state index >= 15 is 0 Å². The second-order valence-corrected chi connectivity index (χ2v) is 3.71. The third-order valence-corrected chi connectivity index (χ3v) is 2.61. The highest BCUT2D eigenvalue weighted by Crippen LogP contribution is 2.33. The highest BCUT2D eigenvalue weighted by molar-refractivity contribution is 5.72. The minimum atomic E-state index is -4.06. The lowest BCUT2D eigenvalue weighted by Gasteiger charge is -2.08. The summed E-state index contributed by atoms with van der Waals surface area (Å²) in [5, 5.41) is 0. The molecule has 1 aliphatic carbocycles. The van der Waals surface area contributed by atoms with Gasteiger partial charge in [0.05, 0.1) is 0 Å². The lowest BCUT2D eigenvalue weighted by atomic mass is 10.0.